The van der Waals surface area contributed by atoms with E-state index in [4.69, 9.17) is 4.98 Å². The van der Waals surface area contributed by atoms with Crippen LogP contribution in [0.1, 0.15) is 37.4 Å². The smallest absolute Gasteiger partial charge is 0.262 e. The highest BCUT2D eigenvalue weighted by molar-refractivity contribution is 5.79. The first kappa shape index (κ1) is 16.3. The maximum atomic E-state index is 13.0. The Morgan fingerprint density at radius 3 is 2.60 bits per heavy atom. The Bertz CT molecular complexity index is 963. The van der Waals surface area contributed by atoms with Crippen molar-refractivity contribution in [2.45, 2.75) is 46.1 Å². The number of para-hydroxylation sites is 2. The summed E-state index contributed by atoms with van der Waals surface area (Å²) in [6.07, 6.45) is 4.69. The molecule has 2 aromatic heterocycles. The second-order valence-corrected chi connectivity index (χ2v) is 7.01. The van der Waals surface area contributed by atoms with Gasteiger partial charge in [-0.1, -0.05) is 25.5 Å². The van der Waals surface area contributed by atoms with Crippen LogP contribution in [0.2, 0.25) is 0 Å². The molecular formula is C20H26N4O. The minimum Gasteiger partial charge on any atom is -0.314 e. The normalized spacial score (nSPS) is 16.1. The minimum absolute atomic E-state index is 0.0814. The molecule has 0 atom stereocenters. The van der Waals surface area contributed by atoms with E-state index in [0.717, 1.165) is 47.6 Å². The number of fused-ring (bicyclic) bond motifs is 3. The van der Waals surface area contributed by atoms with Gasteiger partial charge in [0, 0.05) is 24.3 Å². The number of aromatic nitrogens is 3. The molecule has 1 saturated heterocycles. The average Bonchev–Trinajstić information content (AvgIpc) is 3.02. The molecule has 1 fully saturated rings. The monoisotopic (exact) mass is 338 g/mol. The first-order valence-corrected chi connectivity index (χ1v) is 9.42. The number of nitrogens with zero attached hydrogens (tertiary/aromatic N) is 4. The van der Waals surface area contributed by atoms with Gasteiger partial charge in [-0.05, 0) is 51.4 Å². The van der Waals surface area contributed by atoms with Crippen molar-refractivity contribution < 1.29 is 0 Å². The molecule has 132 valence electrons. The van der Waals surface area contributed by atoms with Crippen molar-refractivity contribution >= 4 is 16.8 Å². The third kappa shape index (κ3) is 2.76. The first-order valence-electron chi connectivity index (χ1n) is 9.42. The van der Waals surface area contributed by atoms with Gasteiger partial charge < -0.3 is 9.47 Å². The zero-order valence-corrected chi connectivity index (χ0v) is 15.2. The fourth-order valence-corrected chi connectivity index (χ4v) is 4.10. The van der Waals surface area contributed by atoms with Crippen LogP contribution in [-0.2, 0) is 13.0 Å². The summed E-state index contributed by atoms with van der Waals surface area (Å²) in [6, 6.07) is 7.92. The molecule has 0 aliphatic carbocycles. The number of hydrogen-bond donors (Lipinski definition) is 0. The van der Waals surface area contributed by atoms with Crippen molar-refractivity contribution in [1.29, 1.82) is 0 Å². The van der Waals surface area contributed by atoms with Crippen LogP contribution in [0, 0.1) is 6.92 Å². The average molecular weight is 338 g/mol. The second kappa shape index (κ2) is 6.64. The third-order valence-corrected chi connectivity index (χ3v) is 5.53. The highest BCUT2D eigenvalue weighted by atomic mass is 16.1. The molecule has 5 heteroatoms. The fraction of sp³-hybridized carbons (Fsp3) is 0.500. The molecular weight excluding hydrogens is 312 g/mol. The van der Waals surface area contributed by atoms with Crippen LogP contribution >= 0.6 is 0 Å². The molecule has 1 aromatic carbocycles. The van der Waals surface area contributed by atoms with Gasteiger partial charge in [-0.15, -0.1) is 0 Å². The lowest BCUT2D eigenvalue weighted by Gasteiger charge is -2.27. The summed E-state index contributed by atoms with van der Waals surface area (Å²) in [4.78, 5) is 20.3. The van der Waals surface area contributed by atoms with Crippen molar-refractivity contribution in [3.05, 3.63) is 45.9 Å². The lowest BCUT2D eigenvalue weighted by atomic mass is 10.1. The Morgan fingerprint density at radius 1 is 1.08 bits per heavy atom. The van der Waals surface area contributed by atoms with Gasteiger partial charge in [0.05, 0.1) is 11.0 Å². The Labute approximate surface area is 147 Å². The maximum Gasteiger partial charge on any atom is 0.262 e. The Morgan fingerprint density at radius 2 is 1.84 bits per heavy atom. The molecule has 0 amide bonds. The number of benzene rings is 1. The molecule has 0 N–H and O–H groups in total. The number of likely N-dealkylation sites (tertiary alicyclic amines) is 1. The van der Waals surface area contributed by atoms with E-state index in [9.17, 15) is 4.79 Å². The fourth-order valence-electron chi connectivity index (χ4n) is 4.10. The molecule has 0 saturated carbocycles. The zero-order valence-electron chi connectivity index (χ0n) is 15.2. The van der Waals surface area contributed by atoms with Crippen LogP contribution in [0.5, 0.6) is 0 Å². The van der Waals surface area contributed by atoms with Gasteiger partial charge in [0.25, 0.3) is 5.56 Å². The van der Waals surface area contributed by atoms with Crippen LogP contribution in [0.15, 0.2) is 29.1 Å². The van der Waals surface area contributed by atoms with Gasteiger partial charge in [0.2, 0.25) is 5.78 Å². The van der Waals surface area contributed by atoms with E-state index in [1.807, 2.05) is 24.3 Å². The predicted octanol–water partition coefficient (Wildman–Crippen LogP) is 3.01. The van der Waals surface area contributed by atoms with Gasteiger partial charge >= 0.3 is 0 Å². The first-order chi connectivity index (χ1) is 12.2. The zero-order chi connectivity index (χ0) is 17.4. The topological polar surface area (TPSA) is 42.5 Å². The largest absolute Gasteiger partial charge is 0.314 e. The van der Waals surface area contributed by atoms with E-state index < -0.39 is 0 Å². The Hall–Kier alpha value is -2.14. The molecule has 25 heavy (non-hydrogen) atoms. The van der Waals surface area contributed by atoms with Gasteiger partial charge in [-0.25, -0.2) is 9.38 Å². The lowest BCUT2D eigenvalue weighted by molar-refractivity contribution is 0.220. The SMILES string of the molecule is CCc1c(C)n(CCN2CCCCC2)c2nc3ccccc3n2c1=O. The lowest BCUT2D eigenvalue weighted by Crippen LogP contribution is -2.34. The van der Waals surface area contributed by atoms with Gasteiger partial charge in [-0.2, -0.15) is 0 Å². The quantitative estimate of drug-likeness (QED) is 0.734. The standard InChI is InChI=1S/C20H26N4O/c1-3-16-15(2)23(14-13-22-11-7-4-8-12-22)20-21-17-9-5-6-10-18(17)24(20)19(16)25/h5-6,9-10H,3-4,7-8,11-14H2,1-2H3. The van der Waals surface area contributed by atoms with Gasteiger partial charge in [-0.3, -0.25) is 4.79 Å². The molecule has 0 spiro atoms. The maximum absolute atomic E-state index is 13.0. The predicted molar refractivity (Wildman–Crippen MR) is 101 cm³/mol. The summed E-state index contributed by atoms with van der Waals surface area (Å²) in [5.74, 6) is 0.776. The number of hydrogen-bond acceptors (Lipinski definition) is 3. The number of imidazole rings is 1. The highest BCUT2D eigenvalue weighted by Gasteiger charge is 2.18. The Kier molecular flexibility index (Phi) is 4.34. The number of piperidine rings is 1. The van der Waals surface area contributed by atoms with Crippen molar-refractivity contribution in [3.63, 3.8) is 0 Å². The van der Waals surface area contributed by atoms with Gasteiger partial charge in [0.15, 0.2) is 0 Å². The second-order valence-electron chi connectivity index (χ2n) is 7.01. The Balaban J connectivity index is 1.85. The van der Waals surface area contributed by atoms with Crippen molar-refractivity contribution in [3.8, 4) is 0 Å². The van der Waals surface area contributed by atoms with E-state index in [-0.39, 0.29) is 5.56 Å². The van der Waals surface area contributed by atoms with E-state index in [1.165, 1.54) is 32.4 Å². The van der Waals surface area contributed by atoms with E-state index in [0.29, 0.717) is 0 Å². The molecule has 0 bridgehead atoms. The molecule has 1 aliphatic rings. The number of rotatable bonds is 4. The third-order valence-electron chi connectivity index (χ3n) is 5.53. The van der Waals surface area contributed by atoms with E-state index in [1.54, 1.807) is 4.40 Å². The van der Waals surface area contributed by atoms with Crippen LogP contribution in [0.25, 0.3) is 16.8 Å². The van der Waals surface area contributed by atoms with E-state index >= 15 is 0 Å². The molecule has 1 aliphatic heterocycles. The molecule has 5 nitrogen and oxygen atoms in total. The highest BCUT2D eigenvalue weighted by Crippen LogP contribution is 2.18. The summed E-state index contributed by atoms with van der Waals surface area (Å²) in [5, 5.41) is 0. The van der Waals surface area contributed by atoms with Crippen LogP contribution in [0.4, 0.5) is 0 Å². The summed E-state index contributed by atoms with van der Waals surface area (Å²) >= 11 is 0. The van der Waals surface area contributed by atoms with Crippen LogP contribution < -0.4 is 5.56 Å². The molecule has 0 unspecified atom stereocenters. The van der Waals surface area contributed by atoms with Crippen molar-refractivity contribution in [1.82, 2.24) is 18.9 Å². The van der Waals surface area contributed by atoms with Crippen LogP contribution in [-0.4, -0.2) is 38.5 Å². The summed E-state index contributed by atoms with van der Waals surface area (Å²) in [6.45, 7) is 8.40. The van der Waals surface area contributed by atoms with Gasteiger partial charge in [0.1, 0.15) is 0 Å². The summed E-state index contributed by atoms with van der Waals surface area (Å²) in [7, 11) is 0. The summed E-state index contributed by atoms with van der Waals surface area (Å²) in [5.41, 5.74) is 3.84. The summed E-state index contributed by atoms with van der Waals surface area (Å²) < 4.78 is 4.05. The van der Waals surface area contributed by atoms with Crippen LogP contribution in [0.3, 0.4) is 0 Å². The molecule has 4 rings (SSSR count). The molecule has 3 aromatic rings. The molecule has 0 radical (unpaired) electrons. The minimum atomic E-state index is 0.0814. The van der Waals surface area contributed by atoms with E-state index in [2.05, 4.69) is 23.3 Å². The molecule has 3 heterocycles. The van der Waals surface area contributed by atoms with Crippen molar-refractivity contribution in [2.24, 2.45) is 0 Å². The van der Waals surface area contributed by atoms with Crippen molar-refractivity contribution in [2.75, 3.05) is 19.6 Å².